The van der Waals surface area contributed by atoms with E-state index in [-0.39, 0.29) is 5.92 Å². The van der Waals surface area contributed by atoms with Crippen LogP contribution < -0.4 is 0 Å². The van der Waals surface area contributed by atoms with Crippen molar-refractivity contribution in [2.75, 3.05) is 13.1 Å². The van der Waals surface area contributed by atoms with Crippen LogP contribution >= 0.6 is 0 Å². The summed E-state index contributed by atoms with van der Waals surface area (Å²) in [5.74, 6) is 0.113. The molecule has 0 aliphatic heterocycles. The van der Waals surface area contributed by atoms with Crippen molar-refractivity contribution in [3.05, 3.63) is 82.4 Å². The lowest BCUT2D eigenvalue weighted by Crippen LogP contribution is -2.05. The number of nitrogens with zero attached hydrogens (tertiary/aromatic N) is 2. The van der Waals surface area contributed by atoms with Gasteiger partial charge in [0, 0.05) is 36.9 Å². The first kappa shape index (κ1) is 19.9. The van der Waals surface area contributed by atoms with Crippen LogP contribution in [-0.2, 0) is 0 Å². The average Bonchev–Trinajstić information content (AvgIpc) is 3.35. The van der Waals surface area contributed by atoms with Crippen LogP contribution in [0.5, 0.6) is 0 Å². The molecule has 4 nitrogen and oxygen atoms in total. The fraction of sp³-hybridized carbons (Fsp3) is 0.333. The molecule has 0 spiro atoms. The summed E-state index contributed by atoms with van der Waals surface area (Å²) >= 11 is 0. The molecule has 3 rings (SSSR count). The highest BCUT2D eigenvalue weighted by Gasteiger charge is 2.19. The zero-order chi connectivity index (χ0) is 19.8. The molecule has 1 aromatic carbocycles. The van der Waals surface area contributed by atoms with Gasteiger partial charge in [0.05, 0.1) is 17.3 Å². The highest BCUT2D eigenvalue weighted by Crippen LogP contribution is 2.31. The zero-order valence-corrected chi connectivity index (χ0v) is 17.1. The molecule has 0 amide bonds. The van der Waals surface area contributed by atoms with Crippen molar-refractivity contribution in [2.45, 2.75) is 39.5 Å². The van der Waals surface area contributed by atoms with Gasteiger partial charge in [-0.2, -0.15) is 0 Å². The lowest BCUT2D eigenvalue weighted by molar-refractivity contribution is 0.893. The molecule has 4 heteroatoms. The molecule has 28 heavy (non-hydrogen) atoms. The maximum absolute atomic E-state index is 4.45. The molecule has 3 aromatic rings. The summed E-state index contributed by atoms with van der Waals surface area (Å²) in [6.07, 6.45) is 5.97. The van der Waals surface area contributed by atoms with Crippen LogP contribution in [0.25, 0.3) is 0 Å². The largest absolute Gasteiger partial charge is 0.357 e. The standard InChI is InChI=1S/C24H30N4/c1-4-14-25-16-20-10-12-22(27-20)24(19-8-6-18(3)7-9-19)23-13-11-21(28-23)17-26-15-5-2/h6-13,16-17,24,27-28H,4-5,14-15H2,1-3H3/b25-16+,26-17+. The van der Waals surface area contributed by atoms with E-state index in [1.54, 1.807) is 0 Å². The van der Waals surface area contributed by atoms with Gasteiger partial charge in [-0.1, -0.05) is 43.7 Å². The fourth-order valence-corrected chi connectivity index (χ4v) is 3.22. The second-order valence-electron chi connectivity index (χ2n) is 7.15. The summed E-state index contributed by atoms with van der Waals surface area (Å²) < 4.78 is 0. The third-order valence-corrected chi connectivity index (χ3v) is 4.66. The van der Waals surface area contributed by atoms with Crippen LogP contribution in [0.15, 0.2) is 58.5 Å². The maximum atomic E-state index is 4.45. The fourth-order valence-electron chi connectivity index (χ4n) is 3.22. The first-order valence-electron chi connectivity index (χ1n) is 10.1. The van der Waals surface area contributed by atoms with Crippen molar-refractivity contribution in [3.8, 4) is 0 Å². The van der Waals surface area contributed by atoms with E-state index < -0.39 is 0 Å². The SMILES string of the molecule is CCC/N=C/c1ccc(C(c2ccc(C)cc2)c2ccc(/C=N/CCC)[nH]2)[nH]1. The molecule has 2 aromatic heterocycles. The van der Waals surface area contributed by atoms with Gasteiger partial charge >= 0.3 is 0 Å². The van der Waals surface area contributed by atoms with Gasteiger partial charge in [0.25, 0.3) is 0 Å². The van der Waals surface area contributed by atoms with Gasteiger partial charge in [-0.05, 0) is 49.6 Å². The Bertz CT molecular complexity index is 858. The number of hydrogen-bond acceptors (Lipinski definition) is 2. The van der Waals surface area contributed by atoms with Crippen LogP contribution in [0.4, 0.5) is 0 Å². The molecule has 0 aliphatic rings. The van der Waals surface area contributed by atoms with E-state index >= 15 is 0 Å². The van der Waals surface area contributed by atoms with E-state index in [0.717, 1.165) is 48.7 Å². The second-order valence-corrected chi connectivity index (χ2v) is 7.15. The molecular formula is C24H30N4. The Morgan fingerprint density at radius 3 is 1.71 bits per heavy atom. The third kappa shape index (κ3) is 5.10. The number of hydrogen-bond donors (Lipinski definition) is 2. The van der Waals surface area contributed by atoms with Gasteiger partial charge in [-0.3, -0.25) is 9.98 Å². The Labute approximate surface area is 167 Å². The highest BCUT2D eigenvalue weighted by atomic mass is 14.8. The minimum absolute atomic E-state index is 0.113. The molecule has 0 fully saturated rings. The first-order chi connectivity index (χ1) is 13.7. The summed E-state index contributed by atoms with van der Waals surface area (Å²) in [5, 5.41) is 0. The predicted octanol–water partition coefficient (Wildman–Crippen LogP) is 5.49. The summed E-state index contributed by atoms with van der Waals surface area (Å²) in [5.41, 5.74) is 6.90. The summed E-state index contributed by atoms with van der Waals surface area (Å²) in [7, 11) is 0. The Hall–Kier alpha value is -2.88. The van der Waals surface area contributed by atoms with Crippen LogP contribution in [-0.4, -0.2) is 35.5 Å². The topological polar surface area (TPSA) is 56.3 Å². The first-order valence-corrected chi connectivity index (χ1v) is 10.1. The number of benzene rings is 1. The van der Waals surface area contributed by atoms with Crippen LogP contribution in [0.3, 0.4) is 0 Å². The average molecular weight is 375 g/mol. The van der Waals surface area contributed by atoms with Crippen molar-refractivity contribution < 1.29 is 0 Å². The molecule has 2 heterocycles. The lowest BCUT2D eigenvalue weighted by Gasteiger charge is -2.16. The van der Waals surface area contributed by atoms with Gasteiger partial charge in [0.15, 0.2) is 0 Å². The van der Waals surface area contributed by atoms with Crippen molar-refractivity contribution in [2.24, 2.45) is 9.98 Å². The Kier molecular flexibility index (Phi) is 7.01. The third-order valence-electron chi connectivity index (χ3n) is 4.66. The van der Waals surface area contributed by atoms with E-state index in [9.17, 15) is 0 Å². The van der Waals surface area contributed by atoms with Gasteiger partial charge in [-0.25, -0.2) is 0 Å². The summed E-state index contributed by atoms with van der Waals surface area (Å²) in [6, 6.07) is 17.3. The van der Waals surface area contributed by atoms with Crippen LogP contribution in [0.1, 0.15) is 66.5 Å². The zero-order valence-electron chi connectivity index (χ0n) is 17.1. The number of rotatable bonds is 9. The van der Waals surface area contributed by atoms with E-state index in [4.69, 9.17) is 0 Å². The van der Waals surface area contributed by atoms with Crippen molar-refractivity contribution >= 4 is 12.4 Å². The molecule has 0 atom stereocenters. The van der Waals surface area contributed by atoms with E-state index in [2.05, 4.69) is 89.3 Å². The van der Waals surface area contributed by atoms with Crippen LogP contribution in [0, 0.1) is 6.92 Å². The number of aromatic amines is 2. The van der Waals surface area contributed by atoms with Crippen molar-refractivity contribution in [1.82, 2.24) is 9.97 Å². The van der Waals surface area contributed by atoms with Gasteiger partial charge in [0.1, 0.15) is 0 Å². The molecule has 0 saturated heterocycles. The maximum Gasteiger partial charge on any atom is 0.0641 e. The Morgan fingerprint density at radius 2 is 1.25 bits per heavy atom. The molecular weight excluding hydrogens is 344 g/mol. The highest BCUT2D eigenvalue weighted by molar-refractivity contribution is 5.78. The quantitative estimate of drug-likeness (QED) is 0.465. The van der Waals surface area contributed by atoms with Gasteiger partial charge < -0.3 is 9.97 Å². The number of aliphatic imine (C=N–C) groups is 2. The van der Waals surface area contributed by atoms with Crippen molar-refractivity contribution in [3.63, 3.8) is 0 Å². The molecule has 0 unspecified atom stereocenters. The Morgan fingerprint density at radius 1 is 0.750 bits per heavy atom. The monoisotopic (exact) mass is 374 g/mol. The van der Waals surface area contributed by atoms with E-state index in [1.165, 1.54) is 11.1 Å². The van der Waals surface area contributed by atoms with Gasteiger partial charge in [-0.15, -0.1) is 0 Å². The van der Waals surface area contributed by atoms with E-state index in [0.29, 0.717) is 0 Å². The van der Waals surface area contributed by atoms with Gasteiger partial charge in [0.2, 0.25) is 0 Å². The van der Waals surface area contributed by atoms with Crippen LogP contribution in [0.2, 0.25) is 0 Å². The minimum atomic E-state index is 0.113. The summed E-state index contributed by atoms with van der Waals surface area (Å²) in [4.78, 5) is 16.0. The predicted molar refractivity (Wildman–Crippen MR) is 119 cm³/mol. The Balaban J connectivity index is 1.93. The summed E-state index contributed by atoms with van der Waals surface area (Å²) in [6.45, 7) is 8.10. The number of aryl methyl sites for hydroxylation is 1. The minimum Gasteiger partial charge on any atom is -0.357 e. The molecule has 0 bridgehead atoms. The number of aromatic nitrogens is 2. The second kappa shape index (κ2) is 9.88. The molecule has 0 saturated carbocycles. The number of H-pyrrole nitrogens is 2. The normalized spacial score (nSPS) is 12.0. The number of nitrogens with one attached hydrogen (secondary N) is 2. The lowest BCUT2D eigenvalue weighted by atomic mass is 9.92. The van der Waals surface area contributed by atoms with E-state index in [1.807, 2.05) is 12.4 Å². The van der Waals surface area contributed by atoms with Crippen molar-refractivity contribution in [1.29, 1.82) is 0 Å². The smallest absolute Gasteiger partial charge is 0.0641 e. The molecule has 0 aliphatic carbocycles. The molecule has 0 radical (unpaired) electrons. The molecule has 2 N–H and O–H groups in total. The molecule has 146 valence electrons.